The molecule has 0 atom stereocenters. The van der Waals surface area contributed by atoms with E-state index in [1.165, 1.54) is 0 Å². The summed E-state index contributed by atoms with van der Waals surface area (Å²) in [6.45, 7) is 5.70. The summed E-state index contributed by atoms with van der Waals surface area (Å²) in [6.07, 6.45) is 2.65. The third kappa shape index (κ3) is 5.26. The number of hydrogen-bond donors (Lipinski definition) is 0. The fourth-order valence-corrected chi connectivity index (χ4v) is 2.81. The molecule has 0 spiro atoms. The van der Waals surface area contributed by atoms with Crippen molar-refractivity contribution in [3.8, 4) is 11.8 Å². The highest BCUT2D eigenvalue weighted by Gasteiger charge is 2.25. The Labute approximate surface area is 137 Å². The number of nitriles is 1. The highest BCUT2D eigenvalue weighted by atomic mass is 16.5. The molecule has 1 aromatic carbocycles. The molecule has 1 fully saturated rings. The van der Waals surface area contributed by atoms with Crippen molar-refractivity contribution in [3.63, 3.8) is 0 Å². The zero-order valence-corrected chi connectivity index (χ0v) is 13.7. The van der Waals surface area contributed by atoms with Crippen molar-refractivity contribution in [2.75, 3.05) is 32.8 Å². The fourth-order valence-electron chi connectivity index (χ4n) is 2.81. The van der Waals surface area contributed by atoms with Crippen LogP contribution in [0.1, 0.15) is 31.7 Å². The van der Waals surface area contributed by atoms with Crippen LogP contribution in [0.4, 0.5) is 0 Å². The van der Waals surface area contributed by atoms with Gasteiger partial charge in [0.15, 0.2) is 0 Å². The third-order valence-corrected chi connectivity index (χ3v) is 4.09. The van der Waals surface area contributed by atoms with E-state index in [0.717, 1.165) is 38.9 Å². The van der Waals surface area contributed by atoms with Crippen LogP contribution in [0, 0.1) is 17.2 Å². The molecule has 1 aromatic rings. The summed E-state index contributed by atoms with van der Waals surface area (Å²) in [5.41, 5.74) is 0.572. The predicted octanol–water partition coefficient (Wildman–Crippen LogP) is 2.60. The zero-order chi connectivity index (χ0) is 16.5. The summed E-state index contributed by atoms with van der Waals surface area (Å²) in [5, 5.41) is 9.01. The Morgan fingerprint density at radius 1 is 1.35 bits per heavy atom. The van der Waals surface area contributed by atoms with Crippen molar-refractivity contribution in [2.45, 2.75) is 26.2 Å². The van der Waals surface area contributed by atoms with Gasteiger partial charge >= 0.3 is 5.97 Å². The number of nitrogens with zero attached hydrogens (tertiary/aromatic N) is 2. The van der Waals surface area contributed by atoms with Crippen LogP contribution in [-0.2, 0) is 9.53 Å². The molecule has 0 aliphatic carbocycles. The summed E-state index contributed by atoms with van der Waals surface area (Å²) in [6, 6.07) is 9.42. The highest BCUT2D eigenvalue weighted by Crippen LogP contribution is 2.19. The number of carbonyl (C=O) groups excluding carboxylic acids is 1. The van der Waals surface area contributed by atoms with E-state index in [1.54, 1.807) is 6.07 Å². The minimum atomic E-state index is -0.0522. The van der Waals surface area contributed by atoms with Crippen LogP contribution in [0.25, 0.3) is 0 Å². The van der Waals surface area contributed by atoms with E-state index in [1.807, 2.05) is 25.1 Å². The maximum Gasteiger partial charge on any atom is 0.309 e. The molecule has 5 nitrogen and oxygen atoms in total. The number of benzene rings is 1. The highest BCUT2D eigenvalue weighted by molar-refractivity contribution is 5.72. The van der Waals surface area contributed by atoms with Gasteiger partial charge in [-0.1, -0.05) is 12.1 Å². The Bertz CT molecular complexity index is 545. The lowest BCUT2D eigenvalue weighted by molar-refractivity contribution is -0.149. The van der Waals surface area contributed by atoms with Crippen molar-refractivity contribution in [1.82, 2.24) is 4.90 Å². The van der Waals surface area contributed by atoms with Crippen molar-refractivity contribution in [1.29, 1.82) is 5.26 Å². The zero-order valence-electron chi connectivity index (χ0n) is 13.7. The summed E-state index contributed by atoms with van der Waals surface area (Å²) in [5.74, 6) is 0.657. The van der Waals surface area contributed by atoms with Crippen molar-refractivity contribution in [2.24, 2.45) is 5.92 Å². The van der Waals surface area contributed by atoms with Crippen LogP contribution in [-0.4, -0.2) is 43.7 Å². The molecule has 1 saturated heterocycles. The molecular formula is C18H24N2O3. The Morgan fingerprint density at radius 2 is 2.09 bits per heavy atom. The number of ether oxygens (including phenoxy) is 2. The maximum atomic E-state index is 11.7. The Balaban J connectivity index is 1.65. The van der Waals surface area contributed by atoms with E-state index < -0.39 is 0 Å². The molecule has 5 heteroatoms. The van der Waals surface area contributed by atoms with Gasteiger partial charge in [0, 0.05) is 6.54 Å². The molecule has 1 aliphatic rings. The van der Waals surface area contributed by atoms with Gasteiger partial charge in [-0.15, -0.1) is 0 Å². The predicted molar refractivity (Wildman–Crippen MR) is 87.1 cm³/mol. The molecule has 0 aromatic heterocycles. The van der Waals surface area contributed by atoms with Gasteiger partial charge in [0.05, 0.1) is 24.7 Å². The van der Waals surface area contributed by atoms with E-state index in [-0.39, 0.29) is 11.9 Å². The second-order valence-electron chi connectivity index (χ2n) is 5.68. The molecule has 23 heavy (non-hydrogen) atoms. The fraction of sp³-hybridized carbons (Fsp3) is 0.556. The molecule has 0 unspecified atom stereocenters. The molecule has 0 saturated carbocycles. The average Bonchev–Trinajstić information content (AvgIpc) is 2.60. The smallest absolute Gasteiger partial charge is 0.309 e. The first-order valence-electron chi connectivity index (χ1n) is 8.25. The van der Waals surface area contributed by atoms with Gasteiger partial charge in [0.2, 0.25) is 0 Å². The average molecular weight is 316 g/mol. The summed E-state index contributed by atoms with van der Waals surface area (Å²) >= 11 is 0. The van der Waals surface area contributed by atoms with Crippen LogP contribution in [0.2, 0.25) is 0 Å². The van der Waals surface area contributed by atoms with Gasteiger partial charge in [-0.25, -0.2) is 0 Å². The molecule has 0 N–H and O–H groups in total. The lowest BCUT2D eigenvalue weighted by Gasteiger charge is -2.30. The third-order valence-electron chi connectivity index (χ3n) is 4.09. The quantitative estimate of drug-likeness (QED) is 0.571. The molecule has 124 valence electrons. The Hall–Kier alpha value is -2.06. The minimum absolute atomic E-state index is 0.0522. The van der Waals surface area contributed by atoms with Crippen LogP contribution >= 0.6 is 0 Å². The molecule has 0 bridgehead atoms. The molecule has 2 rings (SSSR count). The lowest BCUT2D eigenvalue weighted by Crippen LogP contribution is -2.37. The van der Waals surface area contributed by atoms with Gasteiger partial charge < -0.3 is 14.4 Å². The number of likely N-dealkylation sites (tertiary alicyclic amines) is 1. The van der Waals surface area contributed by atoms with Gasteiger partial charge in [0.25, 0.3) is 0 Å². The number of rotatable bonds is 7. The maximum absolute atomic E-state index is 11.7. The number of para-hydroxylation sites is 1. The molecule has 1 aliphatic heterocycles. The minimum Gasteiger partial charge on any atom is -0.492 e. The van der Waals surface area contributed by atoms with Crippen LogP contribution in [0.15, 0.2) is 24.3 Å². The van der Waals surface area contributed by atoms with Crippen molar-refractivity contribution < 1.29 is 14.3 Å². The van der Waals surface area contributed by atoms with E-state index in [2.05, 4.69) is 11.0 Å². The summed E-state index contributed by atoms with van der Waals surface area (Å²) < 4.78 is 10.8. The van der Waals surface area contributed by atoms with Crippen molar-refractivity contribution in [3.05, 3.63) is 29.8 Å². The normalized spacial score (nSPS) is 15.8. The lowest BCUT2D eigenvalue weighted by atomic mass is 9.97. The SMILES string of the molecule is CCOC(=O)C1CCN(CCCOc2ccccc2C#N)CC1. The van der Waals surface area contributed by atoms with Crippen LogP contribution in [0.3, 0.4) is 0 Å². The number of esters is 1. The second-order valence-corrected chi connectivity index (χ2v) is 5.68. The van der Waals surface area contributed by atoms with Crippen LogP contribution in [0.5, 0.6) is 5.75 Å². The Morgan fingerprint density at radius 3 is 2.78 bits per heavy atom. The van der Waals surface area contributed by atoms with Gasteiger partial charge in [0.1, 0.15) is 11.8 Å². The first-order chi connectivity index (χ1) is 11.2. The van der Waals surface area contributed by atoms with E-state index in [0.29, 0.717) is 24.5 Å². The van der Waals surface area contributed by atoms with Crippen molar-refractivity contribution >= 4 is 5.97 Å². The molecule has 0 radical (unpaired) electrons. The first kappa shape index (κ1) is 17.3. The molecular weight excluding hydrogens is 292 g/mol. The second kappa shape index (κ2) is 9.16. The van der Waals surface area contributed by atoms with Gasteiger partial charge in [-0.05, 0) is 51.4 Å². The Kier molecular flexibility index (Phi) is 6.89. The largest absolute Gasteiger partial charge is 0.492 e. The first-order valence-corrected chi connectivity index (χ1v) is 8.25. The summed E-state index contributed by atoms with van der Waals surface area (Å²) in [4.78, 5) is 14.1. The number of carbonyl (C=O) groups is 1. The molecule has 1 heterocycles. The monoisotopic (exact) mass is 316 g/mol. The van der Waals surface area contributed by atoms with Crippen LogP contribution < -0.4 is 4.74 Å². The standard InChI is InChI=1S/C18H24N2O3/c1-2-22-18(21)15-8-11-20(12-9-15)10-5-13-23-17-7-4-3-6-16(17)14-19/h3-4,6-7,15H,2,5,8-13H2,1H3. The van der Waals surface area contributed by atoms with Gasteiger partial charge in [-0.3, -0.25) is 4.79 Å². The van der Waals surface area contributed by atoms with E-state index in [9.17, 15) is 4.79 Å². The van der Waals surface area contributed by atoms with E-state index in [4.69, 9.17) is 14.7 Å². The summed E-state index contributed by atoms with van der Waals surface area (Å²) in [7, 11) is 0. The number of hydrogen-bond acceptors (Lipinski definition) is 5. The van der Waals surface area contributed by atoms with E-state index >= 15 is 0 Å². The number of piperidine rings is 1. The topological polar surface area (TPSA) is 62.6 Å². The van der Waals surface area contributed by atoms with Gasteiger partial charge in [-0.2, -0.15) is 5.26 Å². The molecule has 0 amide bonds.